The molecule has 4 nitrogen and oxygen atoms in total. The van der Waals surface area contributed by atoms with Crippen molar-refractivity contribution in [3.05, 3.63) is 84.1 Å². The molecule has 0 saturated heterocycles. The molecule has 0 radical (unpaired) electrons. The fourth-order valence-electron chi connectivity index (χ4n) is 2.95. The number of nitrogens with zero attached hydrogens (tertiary/aromatic N) is 4. The van der Waals surface area contributed by atoms with E-state index in [1.165, 1.54) is 11.1 Å². The Morgan fingerprint density at radius 3 is 1.77 bits per heavy atom. The van der Waals surface area contributed by atoms with E-state index >= 15 is 0 Å². The number of rotatable bonds is 8. The molecule has 1 heterocycles. The van der Waals surface area contributed by atoms with E-state index in [4.69, 9.17) is 4.98 Å². The van der Waals surface area contributed by atoms with Crippen molar-refractivity contribution in [2.75, 3.05) is 22.9 Å². The van der Waals surface area contributed by atoms with Gasteiger partial charge in [-0.05, 0) is 31.0 Å². The van der Waals surface area contributed by atoms with Crippen molar-refractivity contribution in [2.24, 2.45) is 0 Å². The summed E-state index contributed by atoms with van der Waals surface area (Å²) in [6.45, 7) is 7.72. The summed E-state index contributed by atoms with van der Waals surface area (Å²) in [5.41, 5.74) is 2.55. The summed E-state index contributed by atoms with van der Waals surface area (Å²) in [5.74, 6) is 1.74. The Morgan fingerprint density at radius 2 is 1.23 bits per heavy atom. The van der Waals surface area contributed by atoms with E-state index in [1.54, 1.807) is 0 Å². The molecule has 4 heteroatoms. The van der Waals surface area contributed by atoms with Crippen LogP contribution < -0.4 is 9.80 Å². The maximum Gasteiger partial charge on any atom is 0.227 e. The Balaban J connectivity index is 1.79. The number of aromatic nitrogens is 2. The summed E-state index contributed by atoms with van der Waals surface area (Å²) < 4.78 is 0. The highest BCUT2D eigenvalue weighted by atomic mass is 15.3. The first-order valence-electron chi connectivity index (χ1n) is 9.21. The quantitative estimate of drug-likeness (QED) is 0.600. The molecule has 134 valence electrons. The summed E-state index contributed by atoms with van der Waals surface area (Å²) in [6, 6.07) is 23.0. The molecule has 0 unspecified atom stereocenters. The molecule has 0 N–H and O–H groups in total. The van der Waals surface area contributed by atoms with Crippen molar-refractivity contribution in [3.63, 3.8) is 0 Å². The summed E-state index contributed by atoms with van der Waals surface area (Å²) in [4.78, 5) is 13.8. The van der Waals surface area contributed by atoms with Gasteiger partial charge in [-0.25, -0.2) is 4.98 Å². The molecule has 2 aromatic carbocycles. The van der Waals surface area contributed by atoms with Crippen LogP contribution in [0.5, 0.6) is 0 Å². The molecule has 0 atom stereocenters. The summed E-state index contributed by atoms with van der Waals surface area (Å²) in [7, 11) is 0. The molecule has 0 amide bonds. The van der Waals surface area contributed by atoms with Crippen LogP contribution in [0.15, 0.2) is 72.9 Å². The Kier molecular flexibility index (Phi) is 6.20. The van der Waals surface area contributed by atoms with Gasteiger partial charge in [-0.3, -0.25) is 0 Å². The van der Waals surface area contributed by atoms with Crippen LogP contribution in [0.4, 0.5) is 11.8 Å². The molecule has 3 rings (SSSR count). The van der Waals surface area contributed by atoms with Crippen LogP contribution in [0.2, 0.25) is 0 Å². The first-order valence-corrected chi connectivity index (χ1v) is 9.21. The second-order valence-electron chi connectivity index (χ2n) is 6.21. The molecule has 3 aromatic rings. The number of anilines is 2. The maximum atomic E-state index is 4.85. The van der Waals surface area contributed by atoms with Gasteiger partial charge in [0, 0.05) is 32.4 Å². The van der Waals surface area contributed by atoms with E-state index in [-0.39, 0.29) is 0 Å². The van der Waals surface area contributed by atoms with Gasteiger partial charge in [-0.1, -0.05) is 60.7 Å². The average Bonchev–Trinajstić information content (AvgIpc) is 2.72. The molecule has 0 bridgehead atoms. The van der Waals surface area contributed by atoms with Gasteiger partial charge in [-0.2, -0.15) is 4.98 Å². The van der Waals surface area contributed by atoms with Gasteiger partial charge in [0.15, 0.2) is 0 Å². The second kappa shape index (κ2) is 8.99. The van der Waals surface area contributed by atoms with Crippen molar-refractivity contribution in [1.29, 1.82) is 0 Å². The van der Waals surface area contributed by atoms with Gasteiger partial charge in [-0.15, -0.1) is 0 Å². The maximum absolute atomic E-state index is 4.85. The lowest BCUT2D eigenvalue weighted by Crippen LogP contribution is -2.27. The third kappa shape index (κ3) is 4.60. The Labute approximate surface area is 156 Å². The average molecular weight is 346 g/mol. The minimum atomic E-state index is 0.778. The minimum Gasteiger partial charge on any atom is -0.352 e. The Bertz CT molecular complexity index is 725. The van der Waals surface area contributed by atoms with Crippen LogP contribution in [0, 0.1) is 0 Å². The van der Waals surface area contributed by atoms with Crippen LogP contribution >= 0.6 is 0 Å². The molecular formula is C22H26N4. The molecule has 26 heavy (non-hydrogen) atoms. The van der Waals surface area contributed by atoms with Crippen LogP contribution in [0.3, 0.4) is 0 Å². The zero-order valence-electron chi connectivity index (χ0n) is 15.5. The first kappa shape index (κ1) is 17.9. The standard InChI is InChI=1S/C22H26N4/c1-3-25(17-19-11-7-5-8-12-19)21-15-16-23-22(24-21)26(4-2)18-20-13-9-6-10-14-20/h5-16H,3-4,17-18H2,1-2H3. The van der Waals surface area contributed by atoms with Crippen LogP contribution in [-0.4, -0.2) is 23.1 Å². The molecular weight excluding hydrogens is 320 g/mol. The SMILES string of the molecule is CCN(Cc1ccccc1)c1ccnc(N(CC)Cc2ccccc2)n1. The molecule has 0 aliphatic heterocycles. The van der Waals surface area contributed by atoms with Crippen LogP contribution in [0.1, 0.15) is 25.0 Å². The summed E-state index contributed by atoms with van der Waals surface area (Å²) in [6.07, 6.45) is 1.86. The fourth-order valence-corrected chi connectivity index (χ4v) is 2.95. The van der Waals surface area contributed by atoms with Crippen molar-refractivity contribution in [2.45, 2.75) is 26.9 Å². The van der Waals surface area contributed by atoms with Gasteiger partial charge in [0.2, 0.25) is 5.95 Å². The van der Waals surface area contributed by atoms with Crippen molar-refractivity contribution < 1.29 is 0 Å². The summed E-state index contributed by atoms with van der Waals surface area (Å²) >= 11 is 0. The van der Waals surface area contributed by atoms with E-state index in [2.05, 4.69) is 77.2 Å². The molecule has 0 saturated carbocycles. The minimum absolute atomic E-state index is 0.778. The normalized spacial score (nSPS) is 10.5. The van der Waals surface area contributed by atoms with E-state index in [1.807, 2.05) is 24.4 Å². The lowest BCUT2D eigenvalue weighted by Gasteiger charge is -2.25. The first-order chi connectivity index (χ1) is 12.8. The second-order valence-corrected chi connectivity index (χ2v) is 6.21. The van der Waals surface area contributed by atoms with Gasteiger partial charge in [0.05, 0.1) is 0 Å². The van der Waals surface area contributed by atoms with Gasteiger partial charge < -0.3 is 9.80 Å². The van der Waals surface area contributed by atoms with Crippen molar-refractivity contribution >= 4 is 11.8 Å². The van der Waals surface area contributed by atoms with Crippen LogP contribution in [0.25, 0.3) is 0 Å². The topological polar surface area (TPSA) is 32.3 Å². The lowest BCUT2D eigenvalue weighted by molar-refractivity contribution is 0.770. The highest BCUT2D eigenvalue weighted by molar-refractivity contribution is 5.44. The molecule has 1 aromatic heterocycles. The van der Waals surface area contributed by atoms with Gasteiger partial charge >= 0.3 is 0 Å². The van der Waals surface area contributed by atoms with E-state index in [0.29, 0.717) is 0 Å². The highest BCUT2D eigenvalue weighted by Gasteiger charge is 2.12. The molecule has 0 aliphatic rings. The van der Waals surface area contributed by atoms with Gasteiger partial charge in [0.1, 0.15) is 5.82 Å². The predicted molar refractivity (Wildman–Crippen MR) is 108 cm³/mol. The zero-order valence-corrected chi connectivity index (χ0v) is 15.5. The zero-order chi connectivity index (χ0) is 18.2. The predicted octanol–water partition coefficient (Wildman–Crippen LogP) is 4.53. The smallest absolute Gasteiger partial charge is 0.227 e. The number of benzene rings is 2. The monoisotopic (exact) mass is 346 g/mol. The van der Waals surface area contributed by atoms with E-state index in [0.717, 1.165) is 37.9 Å². The number of hydrogen-bond donors (Lipinski definition) is 0. The Morgan fingerprint density at radius 1 is 0.692 bits per heavy atom. The van der Waals surface area contributed by atoms with E-state index in [9.17, 15) is 0 Å². The van der Waals surface area contributed by atoms with Crippen LogP contribution in [-0.2, 0) is 13.1 Å². The molecule has 0 spiro atoms. The lowest BCUT2D eigenvalue weighted by atomic mass is 10.2. The molecule has 0 fully saturated rings. The fraction of sp³-hybridized carbons (Fsp3) is 0.273. The summed E-state index contributed by atoms with van der Waals surface area (Å²) in [5, 5.41) is 0. The molecule has 0 aliphatic carbocycles. The third-order valence-corrected chi connectivity index (χ3v) is 4.43. The Hall–Kier alpha value is -2.88. The van der Waals surface area contributed by atoms with Crippen molar-refractivity contribution in [3.8, 4) is 0 Å². The van der Waals surface area contributed by atoms with E-state index < -0.39 is 0 Å². The third-order valence-electron chi connectivity index (χ3n) is 4.43. The largest absolute Gasteiger partial charge is 0.352 e. The van der Waals surface area contributed by atoms with Gasteiger partial charge in [0.25, 0.3) is 0 Å². The number of hydrogen-bond acceptors (Lipinski definition) is 4. The highest BCUT2D eigenvalue weighted by Crippen LogP contribution is 2.19. The van der Waals surface area contributed by atoms with Crippen molar-refractivity contribution in [1.82, 2.24) is 9.97 Å².